The number of benzene rings is 2. The molecule has 0 aliphatic carbocycles. The number of anilines is 1. The van der Waals surface area contributed by atoms with Crippen molar-refractivity contribution in [3.05, 3.63) is 58.9 Å². The van der Waals surface area contributed by atoms with Crippen molar-refractivity contribution >= 4 is 39.0 Å². The van der Waals surface area contributed by atoms with Gasteiger partial charge in [0, 0.05) is 29.6 Å². The number of nitrogens with zero attached hydrogens (tertiary/aromatic N) is 1. The summed E-state index contributed by atoms with van der Waals surface area (Å²) in [5, 5.41) is 2.76. The van der Waals surface area contributed by atoms with Crippen molar-refractivity contribution in [1.82, 2.24) is 4.31 Å². The van der Waals surface area contributed by atoms with Crippen molar-refractivity contribution in [2.24, 2.45) is 5.92 Å². The lowest BCUT2D eigenvalue weighted by atomic mass is 9.97. The fraction of sp³-hybridized carbons (Fsp3) is 0.300. The average molecular weight is 439 g/mol. The highest BCUT2D eigenvalue weighted by atomic mass is 35.5. The van der Waals surface area contributed by atoms with Crippen LogP contribution in [-0.4, -0.2) is 37.5 Å². The highest BCUT2D eigenvalue weighted by molar-refractivity contribution is 7.89. The molecule has 0 aromatic heterocycles. The van der Waals surface area contributed by atoms with Gasteiger partial charge in [-0.2, -0.15) is 4.31 Å². The van der Waals surface area contributed by atoms with Crippen LogP contribution in [-0.2, 0) is 14.8 Å². The number of hydrogen-bond acceptors (Lipinski definition) is 4. The van der Waals surface area contributed by atoms with Crippen LogP contribution in [0.3, 0.4) is 0 Å². The van der Waals surface area contributed by atoms with Crippen molar-refractivity contribution in [1.29, 1.82) is 0 Å². The van der Waals surface area contributed by atoms with Gasteiger partial charge in [-0.1, -0.05) is 23.7 Å². The third-order valence-electron chi connectivity index (χ3n) is 4.89. The summed E-state index contributed by atoms with van der Waals surface area (Å²) in [5.41, 5.74) is 0.362. The second-order valence-electron chi connectivity index (χ2n) is 6.88. The Bertz CT molecular complexity index is 1050. The van der Waals surface area contributed by atoms with Gasteiger partial charge in [-0.3, -0.25) is 9.59 Å². The van der Waals surface area contributed by atoms with Crippen LogP contribution in [0.4, 0.5) is 10.1 Å². The molecule has 1 aliphatic heterocycles. The maximum Gasteiger partial charge on any atom is 0.243 e. The maximum atomic E-state index is 13.9. The number of amides is 1. The van der Waals surface area contributed by atoms with Gasteiger partial charge < -0.3 is 5.32 Å². The molecule has 9 heteroatoms. The van der Waals surface area contributed by atoms with Crippen molar-refractivity contribution in [3.63, 3.8) is 0 Å². The molecule has 154 valence electrons. The van der Waals surface area contributed by atoms with Gasteiger partial charge in [-0.25, -0.2) is 12.8 Å². The van der Waals surface area contributed by atoms with Crippen LogP contribution in [0.25, 0.3) is 0 Å². The monoisotopic (exact) mass is 438 g/mol. The second kappa shape index (κ2) is 8.61. The molecule has 29 heavy (non-hydrogen) atoms. The summed E-state index contributed by atoms with van der Waals surface area (Å²) >= 11 is 5.70. The SMILES string of the molecule is CC(=O)c1cccc(S(=O)(=O)N2CCC(C(=O)Nc3ccc(Cl)cc3F)CC2)c1. The fourth-order valence-corrected chi connectivity index (χ4v) is 4.88. The van der Waals surface area contributed by atoms with E-state index in [0.29, 0.717) is 18.4 Å². The Morgan fingerprint density at radius 3 is 2.45 bits per heavy atom. The Balaban J connectivity index is 1.65. The molecule has 0 saturated carbocycles. The van der Waals surface area contributed by atoms with Crippen LogP contribution in [0.15, 0.2) is 47.4 Å². The number of nitrogens with one attached hydrogen (secondary N) is 1. The lowest BCUT2D eigenvalue weighted by Gasteiger charge is -2.30. The molecule has 0 radical (unpaired) electrons. The molecule has 6 nitrogen and oxygen atoms in total. The largest absolute Gasteiger partial charge is 0.323 e. The van der Waals surface area contributed by atoms with E-state index >= 15 is 0 Å². The third-order valence-corrected chi connectivity index (χ3v) is 7.02. The van der Waals surface area contributed by atoms with Crippen LogP contribution in [0, 0.1) is 11.7 Å². The maximum absolute atomic E-state index is 13.9. The van der Waals surface area contributed by atoms with Crippen LogP contribution in [0.1, 0.15) is 30.1 Å². The first-order valence-corrected chi connectivity index (χ1v) is 10.9. The fourth-order valence-electron chi connectivity index (χ4n) is 3.21. The first-order valence-electron chi connectivity index (χ1n) is 9.05. The van der Waals surface area contributed by atoms with Crippen molar-refractivity contribution in [3.8, 4) is 0 Å². The van der Waals surface area contributed by atoms with Crippen LogP contribution >= 0.6 is 11.6 Å². The molecule has 1 amide bonds. The van der Waals surface area contributed by atoms with E-state index in [1.54, 1.807) is 6.07 Å². The Morgan fingerprint density at radius 1 is 1.14 bits per heavy atom. The summed E-state index contributed by atoms with van der Waals surface area (Å²) in [6.07, 6.45) is 0.624. The van der Waals surface area contributed by atoms with Crippen LogP contribution < -0.4 is 5.32 Å². The quantitative estimate of drug-likeness (QED) is 0.721. The molecule has 1 N–H and O–H groups in total. The van der Waals surface area contributed by atoms with Gasteiger partial charge in [0.15, 0.2) is 5.78 Å². The number of hydrogen-bond donors (Lipinski definition) is 1. The lowest BCUT2D eigenvalue weighted by Crippen LogP contribution is -2.41. The standard InChI is InChI=1S/C20H20ClFN2O4S/c1-13(25)15-3-2-4-17(11-15)29(27,28)24-9-7-14(8-10-24)20(26)23-19-6-5-16(21)12-18(19)22/h2-6,11-12,14H,7-10H2,1H3,(H,23,26). The molecular formula is C20H20ClFN2O4S. The molecule has 0 atom stereocenters. The summed E-state index contributed by atoms with van der Waals surface area (Å²) < 4.78 is 40.9. The highest BCUT2D eigenvalue weighted by Gasteiger charge is 2.32. The number of carbonyl (C=O) groups excluding carboxylic acids is 2. The minimum atomic E-state index is -3.76. The van der Waals surface area contributed by atoms with E-state index in [1.165, 1.54) is 41.6 Å². The Kier molecular flexibility index (Phi) is 6.36. The normalized spacial score (nSPS) is 15.8. The van der Waals surface area contributed by atoms with Crippen LogP contribution in [0.2, 0.25) is 5.02 Å². The first-order chi connectivity index (χ1) is 13.7. The van der Waals surface area contributed by atoms with Crippen molar-refractivity contribution in [2.45, 2.75) is 24.7 Å². The van der Waals surface area contributed by atoms with Gasteiger partial charge >= 0.3 is 0 Å². The zero-order valence-electron chi connectivity index (χ0n) is 15.7. The average Bonchev–Trinajstić information content (AvgIpc) is 2.70. The topological polar surface area (TPSA) is 83.6 Å². The van der Waals surface area contributed by atoms with Crippen LogP contribution in [0.5, 0.6) is 0 Å². The van der Waals surface area contributed by atoms with E-state index < -0.39 is 21.8 Å². The Labute approximate surface area is 173 Å². The summed E-state index contributed by atoms with van der Waals surface area (Å²) in [7, 11) is -3.76. The summed E-state index contributed by atoms with van der Waals surface area (Å²) in [6, 6.07) is 9.88. The smallest absolute Gasteiger partial charge is 0.243 e. The molecule has 1 fully saturated rings. The summed E-state index contributed by atoms with van der Waals surface area (Å²) in [5.74, 6) is -1.63. The van der Waals surface area contributed by atoms with Crippen molar-refractivity contribution in [2.75, 3.05) is 18.4 Å². The number of rotatable bonds is 5. The molecule has 0 bridgehead atoms. The zero-order chi connectivity index (χ0) is 21.2. The number of carbonyl (C=O) groups is 2. The Hall–Kier alpha value is -2.29. The predicted molar refractivity (Wildman–Crippen MR) is 108 cm³/mol. The molecule has 2 aromatic carbocycles. The predicted octanol–water partition coefficient (Wildman–Crippen LogP) is 3.72. The number of Topliss-reactive ketones (excluding diaryl/α,β-unsaturated/α-hetero) is 1. The molecule has 1 saturated heterocycles. The number of ketones is 1. The van der Waals surface area contributed by atoms with Gasteiger partial charge in [0.25, 0.3) is 0 Å². The summed E-state index contributed by atoms with van der Waals surface area (Å²) in [4.78, 5) is 24.0. The second-order valence-corrected chi connectivity index (χ2v) is 9.25. The number of halogens is 2. The van der Waals surface area contributed by atoms with Gasteiger partial charge in [0.05, 0.1) is 10.6 Å². The van der Waals surface area contributed by atoms with Gasteiger partial charge in [0.1, 0.15) is 5.82 Å². The van der Waals surface area contributed by atoms with E-state index in [-0.39, 0.29) is 40.4 Å². The summed E-state index contributed by atoms with van der Waals surface area (Å²) in [6.45, 7) is 1.70. The van der Waals surface area contributed by atoms with Gasteiger partial charge in [-0.15, -0.1) is 0 Å². The minimum absolute atomic E-state index is 0.0375. The lowest BCUT2D eigenvalue weighted by molar-refractivity contribution is -0.120. The molecule has 2 aromatic rings. The number of sulfonamides is 1. The third kappa shape index (κ3) is 4.83. The van der Waals surface area contributed by atoms with Gasteiger partial charge in [0.2, 0.25) is 15.9 Å². The van der Waals surface area contributed by atoms with E-state index in [2.05, 4.69) is 5.32 Å². The van der Waals surface area contributed by atoms with Gasteiger partial charge in [-0.05, 0) is 50.1 Å². The van der Waals surface area contributed by atoms with E-state index in [4.69, 9.17) is 11.6 Å². The molecular weight excluding hydrogens is 419 g/mol. The molecule has 0 unspecified atom stereocenters. The first kappa shape index (κ1) is 21.4. The molecule has 1 heterocycles. The molecule has 3 rings (SSSR count). The van der Waals surface area contributed by atoms with E-state index in [1.807, 2.05) is 0 Å². The number of piperidine rings is 1. The highest BCUT2D eigenvalue weighted by Crippen LogP contribution is 2.26. The zero-order valence-corrected chi connectivity index (χ0v) is 17.3. The van der Waals surface area contributed by atoms with Crippen molar-refractivity contribution < 1.29 is 22.4 Å². The van der Waals surface area contributed by atoms with E-state index in [0.717, 1.165) is 6.07 Å². The molecule has 0 spiro atoms. The molecule has 1 aliphatic rings. The van der Waals surface area contributed by atoms with E-state index in [9.17, 15) is 22.4 Å². The Morgan fingerprint density at radius 2 is 1.83 bits per heavy atom. The minimum Gasteiger partial charge on any atom is -0.323 e.